The monoisotopic (exact) mass is 458 g/mol. The highest BCUT2D eigenvalue weighted by Crippen LogP contribution is 2.29. The lowest BCUT2D eigenvalue weighted by atomic mass is 10.1. The van der Waals surface area contributed by atoms with E-state index in [1.54, 1.807) is 18.2 Å². The van der Waals surface area contributed by atoms with E-state index in [4.69, 9.17) is 11.6 Å². The maximum absolute atomic E-state index is 13.8. The lowest BCUT2D eigenvalue weighted by molar-refractivity contribution is 0.253. The van der Waals surface area contributed by atoms with Gasteiger partial charge in [-0.15, -0.1) is 12.4 Å². The SMILES string of the molecule is CN(C)CCc1cc(Cl)ccc1S(=O)(=O)N(c1ccccc1)N1CCNCC1.Cl. The topological polar surface area (TPSA) is 55.9 Å². The van der Waals surface area contributed by atoms with Crippen LogP contribution in [0.5, 0.6) is 0 Å². The summed E-state index contributed by atoms with van der Waals surface area (Å²) < 4.78 is 29.1. The summed E-state index contributed by atoms with van der Waals surface area (Å²) in [5.74, 6) is 0. The molecule has 160 valence electrons. The molecule has 1 fully saturated rings. The molecule has 29 heavy (non-hydrogen) atoms. The molecule has 2 aromatic carbocycles. The maximum atomic E-state index is 13.8. The molecule has 0 saturated carbocycles. The number of anilines is 1. The number of likely N-dealkylation sites (N-methyl/N-ethyl adjacent to an activating group) is 1. The van der Waals surface area contributed by atoms with Gasteiger partial charge < -0.3 is 10.2 Å². The second-order valence-corrected chi connectivity index (χ2v) is 9.26. The molecule has 0 atom stereocenters. The second kappa shape index (κ2) is 10.6. The predicted molar refractivity (Wildman–Crippen MR) is 122 cm³/mol. The number of nitrogens with zero attached hydrogens (tertiary/aromatic N) is 3. The molecule has 0 aliphatic carbocycles. The molecule has 1 saturated heterocycles. The van der Waals surface area contributed by atoms with Gasteiger partial charge in [0.1, 0.15) is 0 Å². The summed E-state index contributed by atoms with van der Waals surface area (Å²) in [4.78, 5) is 2.34. The van der Waals surface area contributed by atoms with Gasteiger partial charge in [0.05, 0.1) is 10.6 Å². The number of rotatable bonds is 7. The van der Waals surface area contributed by atoms with Crippen LogP contribution in [0.1, 0.15) is 5.56 Å². The molecule has 0 aromatic heterocycles. The molecule has 0 radical (unpaired) electrons. The molecular formula is C20H28Cl2N4O2S. The zero-order valence-electron chi connectivity index (χ0n) is 16.7. The van der Waals surface area contributed by atoms with Crippen LogP contribution in [0.15, 0.2) is 53.4 Å². The fraction of sp³-hybridized carbons (Fsp3) is 0.400. The van der Waals surface area contributed by atoms with Crippen LogP contribution in [0.3, 0.4) is 0 Å². The van der Waals surface area contributed by atoms with Crippen LogP contribution in [-0.2, 0) is 16.4 Å². The van der Waals surface area contributed by atoms with Crippen molar-refractivity contribution in [3.05, 3.63) is 59.1 Å². The van der Waals surface area contributed by atoms with Gasteiger partial charge in [-0.3, -0.25) is 0 Å². The van der Waals surface area contributed by atoms with E-state index < -0.39 is 10.0 Å². The minimum Gasteiger partial charge on any atom is -0.314 e. The standard InChI is InChI=1S/C20H27ClN4O2S.ClH/c1-23(2)13-10-17-16-18(21)8-9-20(17)28(26,27)25(19-6-4-3-5-7-19)24-14-11-22-12-15-24;/h3-9,16,22H,10-15H2,1-2H3;1H. The van der Waals surface area contributed by atoms with Crippen molar-refractivity contribution in [1.29, 1.82) is 0 Å². The number of halogens is 2. The highest BCUT2D eigenvalue weighted by Gasteiger charge is 2.33. The molecule has 0 unspecified atom stereocenters. The molecule has 2 aromatic rings. The first-order valence-corrected chi connectivity index (χ1v) is 11.2. The average Bonchev–Trinajstić information content (AvgIpc) is 2.68. The number of nitrogens with one attached hydrogen (secondary N) is 1. The Hall–Kier alpha value is -1.35. The van der Waals surface area contributed by atoms with Crippen LogP contribution in [0.2, 0.25) is 5.02 Å². The van der Waals surface area contributed by atoms with E-state index in [-0.39, 0.29) is 12.4 Å². The molecule has 1 aliphatic heterocycles. The third-order valence-corrected chi connectivity index (χ3v) is 6.77. The van der Waals surface area contributed by atoms with E-state index in [1.807, 2.05) is 54.3 Å². The average molecular weight is 459 g/mol. The van der Waals surface area contributed by atoms with Crippen LogP contribution in [-0.4, -0.2) is 65.1 Å². The number of hydrazine groups is 1. The number of benzene rings is 2. The number of para-hydroxylation sites is 1. The Morgan fingerprint density at radius 2 is 1.72 bits per heavy atom. The third kappa shape index (κ3) is 5.84. The van der Waals surface area contributed by atoms with Crippen molar-refractivity contribution < 1.29 is 8.42 Å². The number of piperazine rings is 1. The molecule has 1 aliphatic rings. The van der Waals surface area contributed by atoms with Gasteiger partial charge in [0.15, 0.2) is 0 Å². The molecule has 6 nitrogen and oxygen atoms in total. The summed E-state index contributed by atoms with van der Waals surface area (Å²) in [6.07, 6.45) is 0.603. The van der Waals surface area contributed by atoms with E-state index >= 15 is 0 Å². The number of hydrogen-bond donors (Lipinski definition) is 1. The molecule has 3 rings (SSSR count). The Morgan fingerprint density at radius 1 is 1.07 bits per heavy atom. The van der Waals surface area contributed by atoms with E-state index in [1.165, 1.54) is 4.41 Å². The summed E-state index contributed by atoms with van der Waals surface area (Å²) in [6, 6.07) is 14.3. The Balaban J connectivity index is 0.00000300. The van der Waals surface area contributed by atoms with Crippen LogP contribution >= 0.6 is 24.0 Å². The van der Waals surface area contributed by atoms with Crippen LogP contribution in [0.25, 0.3) is 0 Å². The third-order valence-electron chi connectivity index (χ3n) is 4.68. The predicted octanol–water partition coefficient (Wildman–Crippen LogP) is 2.88. The van der Waals surface area contributed by atoms with E-state index in [0.29, 0.717) is 35.1 Å². The Kier molecular flexibility index (Phi) is 8.75. The molecule has 0 amide bonds. The van der Waals surface area contributed by atoms with Gasteiger partial charge in [-0.1, -0.05) is 29.8 Å². The van der Waals surface area contributed by atoms with Crippen molar-refractivity contribution in [3.8, 4) is 0 Å². The molecule has 0 bridgehead atoms. The normalized spacial score (nSPS) is 15.2. The van der Waals surface area contributed by atoms with Crippen LogP contribution < -0.4 is 9.73 Å². The van der Waals surface area contributed by atoms with Crippen molar-refractivity contribution in [3.63, 3.8) is 0 Å². The molecule has 0 spiro atoms. The number of hydrogen-bond acceptors (Lipinski definition) is 5. The van der Waals surface area contributed by atoms with Gasteiger partial charge in [-0.2, -0.15) is 12.8 Å². The first kappa shape index (κ1) is 23.9. The van der Waals surface area contributed by atoms with Gasteiger partial charge in [0, 0.05) is 37.7 Å². The first-order chi connectivity index (χ1) is 13.4. The van der Waals surface area contributed by atoms with E-state index in [0.717, 1.165) is 25.2 Å². The van der Waals surface area contributed by atoms with E-state index in [9.17, 15) is 8.42 Å². The summed E-state index contributed by atoms with van der Waals surface area (Å²) in [5.41, 5.74) is 1.37. The van der Waals surface area contributed by atoms with Crippen molar-refractivity contribution >= 4 is 39.7 Å². The zero-order valence-corrected chi connectivity index (χ0v) is 19.1. The van der Waals surface area contributed by atoms with Crippen molar-refractivity contribution in [2.24, 2.45) is 0 Å². The fourth-order valence-electron chi connectivity index (χ4n) is 3.28. The highest BCUT2D eigenvalue weighted by molar-refractivity contribution is 7.92. The molecule has 9 heteroatoms. The minimum absolute atomic E-state index is 0. The smallest absolute Gasteiger partial charge is 0.278 e. The molecular weight excluding hydrogens is 431 g/mol. The Morgan fingerprint density at radius 3 is 2.34 bits per heavy atom. The second-order valence-electron chi connectivity index (χ2n) is 7.09. The molecule has 1 N–H and O–H groups in total. The van der Waals surface area contributed by atoms with Gasteiger partial charge in [-0.25, -0.2) is 5.01 Å². The first-order valence-electron chi connectivity index (χ1n) is 9.39. The number of sulfonamides is 1. The largest absolute Gasteiger partial charge is 0.314 e. The van der Waals surface area contributed by atoms with Crippen LogP contribution in [0.4, 0.5) is 5.69 Å². The van der Waals surface area contributed by atoms with Crippen molar-refractivity contribution in [2.45, 2.75) is 11.3 Å². The maximum Gasteiger partial charge on any atom is 0.278 e. The van der Waals surface area contributed by atoms with Crippen LogP contribution in [0, 0.1) is 0 Å². The van der Waals surface area contributed by atoms with Crippen molar-refractivity contribution in [1.82, 2.24) is 15.2 Å². The summed E-state index contributed by atoms with van der Waals surface area (Å²) in [6.45, 7) is 3.46. The molecule has 1 heterocycles. The summed E-state index contributed by atoms with van der Waals surface area (Å²) >= 11 is 6.19. The Labute approximate surface area is 184 Å². The highest BCUT2D eigenvalue weighted by atomic mass is 35.5. The summed E-state index contributed by atoms with van der Waals surface area (Å²) in [7, 11) is 0.141. The van der Waals surface area contributed by atoms with Gasteiger partial charge in [0.25, 0.3) is 10.0 Å². The van der Waals surface area contributed by atoms with Gasteiger partial charge in [-0.05, 0) is 56.4 Å². The van der Waals surface area contributed by atoms with E-state index in [2.05, 4.69) is 5.32 Å². The lowest BCUT2D eigenvalue weighted by Gasteiger charge is -2.38. The Bertz CT molecular complexity index is 889. The van der Waals surface area contributed by atoms with Gasteiger partial charge in [0.2, 0.25) is 0 Å². The summed E-state index contributed by atoms with van der Waals surface area (Å²) in [5, 5.41) is 5.71. The van der Waals surface area contributed by atoms with Crippen molar-refractivity contribution in [2.75, 3.05) is 51.2 Å². The minimum atomic E-state index is -3.79. The zero-order chi connectivity index (χ0) is 20.1. The fourth-order valence-corrected chi connectivity index (χ4v) is 5.26. The lowest BCUT2D eigenvalue weighted by Crippen LogP contribution is -2.54. The quantitative estimate of drug-likeness (QED) is 0.690. The van der Waals surface area contributed by atoms with Gasteiger partial charge >= 0.3 is 0 Å².